The predicted molar refractivity (Wildman–Crippen MR) is 127 cm³/mol. The molecule has 1 fully saturated rings. The van der Waals surface area contributed by atoms with Gasteiger partial charge in [-0.2, -0.15) is 0 Å². The highest BCUT2D eigenvalue weighted by atomic mass is 127. The van der Waals surface area contributed by atoms with Crippen LogP contribution in [0.5, 0.6) is 11.5 Å². The third kappa shape index (κ3) is 5.92. The molecule has 0 amide bonds. The predicted octanol–water partition coefficient (Wildman–Crippen LogP) is 3.88. The van der Waals surface area contributed by atoms with E-state index in [1.54, 1.807) is 14.2 Å². The van der Waals surface area contributed by atoms with Crippen LogP contribution in [0.25, 0.3) is 0 Å². The maximum Gasteiger partial charge on any atom is 0.193 e. The Labute approximate surface area is 184 Å². The van der Waals surface area contributed by atoms with Crippen LogP contribution >= 0.6 is 24.0 Å². The first-order valence-electron chi connectivity index (χ1n) is 9.19. The second kappa shape index (κ2) is 10.4. The van der Waals surface area contributed by atoms with Gasteiger partial charge in [0.2, 0.25) is 0 Å². The van der Waals surface area contributed by atoms with E-state index in [0.29, 0.717) is 18.4 Å². The van der Waals surface area contributed by atoms with Crippen LogP contribution in [-0.4, -0.2) is 39.8 Å². The van der Waals surface area contributed by atoms with Crippen molar-refractivity contribution in [1.29, 1.82) is 0 Å². The molecule has 1 aliphatic heterocycles. The van der Waals surface area contributed by atoms with E-state index in [-0.39, 0.29) is 24.0 Å². The monoisotopic (exact) mass is 496 g/mol. The van der Waals surface area contributed by atoms with Gasteiger partial charge in [-0.25, -0.2) is 0 Å². The Morgan fingerprint density at radius 1 is 1.14 bits per heavy atom. The average molecular weight is 496 g/mol. The van der Waals surface area contributed by atoms with Gasteiger partial charge in [0.25, 0.3) is 0 Å². The van der Waals surface area contributed by atoms with Crippen molar-refractivity contribution in [1.82, 2.24) is 0 Å². The van der Waals surface area contributed by atoms with Crippen molar-refractivity contribution in [2.75, 3.05) is 44.1 Å². The van der Waals surface area contributed by atoms with Crippen molar-refractivity contribution >= 4 is 41.3 Å². The molecule has 0 saturated carbocycles. The summed E-state index contributed by atoms with van der Waals surface area (Å²) in [6, 6.07) is 14.1. The summed E-state index contributed by atoms with van der Waals surface area (Å²) < 4.78 is 10.7. The Morgan fingerprint density at radius 3 is 2.39 bits per heavy atom. The number of methoxy groups -OCH3 is 2. The van der Waals surface area contributed by atoms with E-state index in [4.69, 9.17) is 15.2 Å². The molecule has 7 heteroatoms. The van der Waals surface area contributed by atoms with Crippen LogP contribution in [0.3, 0.4) is 0 Å². The van der Waals surface area contributed by atoms with Crippen LogP contribution < -0.4 is 25.4 Å². The van der Waals surface area contributed by atoms with E-state index in [2.05, 4.69) is 22.1 Å². The molecule has 1 heterocycles. The number of guanidine groups is 1. The fourth-order valence-electron chi connectivity index (χ4n) is 3.24. The molecule has 0 aromatic heterocycles. The van der Waals surface area contributed by atoms with Gasteiger partial charge in [0.05, 0.1) is 14.2 Å². The van der Waals surface area contributed by atoms with Gasteiger partial charge < -0.3 is 25.4 Å². The summed E-state index contributed by atoms with van der Waals surface area (Å²) >= 11 is 0. The third-order valence-corrected chi connectivity index (χ3v) is 4.83. The van der Waals surface area contributed by atoms with E-state index in [0.717, 1.165) is 42.4 Å². The number of hydrogen-bond donors (Lipinski definition) is 2. The summed E-state index contributed by atoms with van der Waals surface area (Å²) in [7, 11) is 3.34. The summed E-state index contributed by atoms with van der Waals surface area (Å²) in [6.07, 6.45) is 1.08. The highest BCUT2D eigenvalue weighted by Crippen LogP contribution is 2.31. The van der Waals surface area contributed by atoms with Crippen molar-refractivity contribution < 1.29 is 9.47 Å². The van der Waals surface area contributed by atoms with Crippen molar-refractivity contribution in [2.24, 2.45) is 16.6 Å². The molecule has 6 nitrogen and oxygen atoms in total. The van der Waals surface area contributed by atoms with Crippen LogP contribution in [0, 0.1) is 12.8 Å². The number of hydrogen-bond acceptors (Lipinski definition) is 4. The average Bonchev–Trinajstić information content (AvgIpc) is 3.17. The number of nitrogens with zero attached hydrogens (tertiary/aromatic N) is 2. The molecule has 2 aromatic rings. The highest BCUT2D eigenvalue weighted by Gasteiger charge is 2.23. The number of ether oxygens (including phenoxy) is 2. The number of aliphatic imine (C=N–C) groups is 1. The van der Waals surface area contributed by atoms with Gasteiger partial charge in [-0.05, 0) is 31.4 Å². The summed E-state index contributed by atoms with van der Waals surface area (Å²) in [5, 5.41) is 3.15. The highest BCUT2D eigenvalue weighted by molar-refractivity contribution is 14.0. The fraction of sp³-hybridized carbons (Fsp3) is 0.381. The molecule has 1 saturated heterocycles. The van der Waals surface area contributed by atoms with Crippen LogP contribution in [0.1, 0.15) is 12.0 Å². The minimum atomic E-state index is 0. The zero-order chi connectivity index (χ0) is 19.2. The maximum absolute atomic E-state index is 6.04. The van der Waals surface area contributed by atoms with Crippen molar-refractivity contribution in [3.8, 4) is 11.5 Å². The molecule has 1 unspecified atom stereocenters. The summed E-state index contributed by atoms with van der Waals surface area (Å²) in [6.45, 7) is 4.70. The molecule has 0 spiro atoms. The van der Waals surface area contributed by atoms with E-state index in [1.165, 1.54) is 5.56 Å². The second-order valence-corrected chi connectivity index (χ2v) is 6.89. The first kappa shape index (κ1) is 22.1. The lowest BCUT2D eigenvalue weighted by Crippen LogP contribution is -2.25. The van der Waals surface area contributed by atoms with Crippen LogP contribution in [0.4, 0.5) is 11.4 Å². The minimum Gasteiger partial charge on any atom is -0.497 e. The van der Waals surface area contributed by atoms with E-state index >= 15 is 0 Å². The second-order valence-electron chi connectivity index (χ2n) is 6.89. The molecule has 3 N–H and O–H groups in total. The number of anilines is 2. The smallest absolute Gasteiger partial charge is 0.193 e. The standard InChI is InChI=1S/C21H28N4O2.HI/c1-15-4-6-17(7-5-15)24-21(22)23-13-16-8-9-25(14-16)18-10-19(26-2)12-20(11-18)27-3;/h4-7,10-12,16H,8-9,13-14H2,1-3H3,(H3,22,23,24);1H. The number of rotatable bonds is 6. The zero-order valence-corrected chi connectivity index (χ0v) is 19.0. The number of halogens is 1. The number of aryl methyl sites for hydroxylation is 1. The lowest BCUT2D eigenvalue weighted by atomic mass is 10.1. The molecule has 28 heavy (non-hydrogen) atoms. The SMILES string of the molecule is COc1cc(OC)cc(N2CCC(CN=C(N)Nc3ccc(C)cc3)C2)c1.I. The molecule has 1 aliphatic rings. The topological polar surface area (TPSA) is 72.1 Å². The quantitative estimate of drug-likeness (QED) is 0.361. The Morgan fingerprint density at radius 2 is 1.79 bits per heavy atom. The van der Waals surface area contributed by atoms with Crippen molar-refractivity contribution in [3.05, 3.63) is 48.0 Å². The van der Waals surface area contributed by atoms with Gasteiger partial charge >= 0.3 is 0 Å². The van der Waals surface area contributed by atoms with Crippen LogP contribution in [0.2, 0.25) is 0 Å². The lowest BCUT2D eigenvalue weighted by Gasteiger charge is -2.20. The molecule has 1 atom stereocenters. The van der Waals surface area contributed by atoms with Crippen LogP contribution in [0.15, 0.2) is 47.5 Å². The van der Waals surface area contributed by atoms with Gasteiger partial charge in [-0.3, -0.25) is 4.99 Å². The lowest BCUT2D eigenvalue weighted by molar-refractivity contribution is 0.394. The van der Waals surface area contributed by atoms with Gasteiger partial charge in [-0.15, -0.1) is 24.0 Å². The molecular weight excluding hydrogens is 467 g/mol. The summed E-state index contributed by atoms with van der Waals surface area (Å²) in [5.41, 5.74) is 9.33. The summed E-state index contributed by atoms with van der Waals surface area (Å²) in [5.74, 6) is 2.54. The largest absolute Gasteiger partial charge is 0.497 e. The Balaban J connectivity index is 0.00000280. The van der Waals surface area contributed by atoms with E-state index in [9.17, 15) is 0 Å². The van der Waals surface area contributed by atoms with E-state index in [1.807, 2.05) is 42.5 Å². The molecule has 2 aromatic carbocycles. The molecule has 0 radical (unpaired) electrons. The van der Waals surface area contributed by atoms with Gasteiger partial charge in [0, 0.05) is 49.2 Å². The Kier molecular flexibility index (Phi) is 8.22. The molecular formula is C21H29IN4O2. The van der Waals surface area contributed by atoms with Gasteiger partial charge in [0.15, 0.2) is 5.96 Å². The van der Waals surface area contributed by atoms with Crippen LogP contribution in [-0.2, 0) is 0 Å². The third-order valence-electron chi connectivity index (χ3n) is 4.83. The van der Waals surface area contributed by atoms with Gasteiger partial charge in [0.1, 0.15) is 11.5 Å². The zero-order valence-electron chi connectivity index (χ0n) is 16.6. The molecule has 152 valence electrons. The first-order valence-corrected chi connectivity index (χ1v) is 9.19. The number of nitrogens with one attached hydrogen (secondary N) is 1. The first-order chi connectivity index (χ1) is 13.1. The molecule has 3 rings (SSSR count). The van der Waals surface area contributed by atoms with Crippen molar-refractivity contribution in [2.45, 2.75) is 13.3 Å². The summed E-state index contributed by atoms with van der Waals surface area (Å²) in [4.78, 5) is 6.87. The number of nitrogens with two attached hydrogens (primary N) is 1. The fourth-order valence-corrected chi connectivity index (χ4v) is 3.24. The van der Waals surface area contributed by atoms with E-state index < -0.39 is 0 Å². The van der Waals surface area contributed by atoms with Gasteiger partial charge in [-0.1, -0.05) is 17.7 Å². The Hall–Kier alpha value is -2.16. The molecule has 0 aliphatic carbocycles. The van der Waals surface area contributed by atoms with Crippen molar-refractivity contribution in [3.63, 3.8) is 0 Å². The molecule has 0 bridgehead atoms. The minimum absolute atomic E-state index is 0. The maximum atomic E-state index is 6.04. The Bertz CT molecular complexity index is 773. The normalized spacial score (nSPS) is 16.5. The number of benzene rings is 2.